The maximum absolute atomic E-state index is 10.7. The van der Waals surface area contributed by atoms with Crippen molar-refractivity contribution in [2.75, 3.05) is 0 Å². The largest absolute Gasteiger partial charge is 0.440 e. The van der Waals surface area contributed by atoms with Crippen molar-refractivity contribution in [3.05, 3.63) is 35.9 Å². The Morgan fingerprint density at radius 3 is 2.67 bits per heavy atom. The van der Waals surface area contributed by atoms with Crippen LogP contribution in [-0.2, 0) is 9.53 Å². The average molecular weight is 198 g/mol. The molecule has 1 rings (SSSR count). The molecular weight excluding hydrogens is 188 g/mol. The molecule has 0 aromatic heterocycles. The molecular formula is C13H10O2. The van der Waals surface area contributed by atoms with Crippen molar-refractivity contribution in [2.24, 2.45) is 0 Å². The van der Waals surface area contributed by atoms with Crippen LogP contribution >= 0.6 is 0 Å². The number of rotatable bonds is 1. The first-order valence-electron chi connectivity index (χ1n) is 4.46. The Hall–Kier alpha value is -2.19. The van der Waals surface area contributed by atoms with Gasteiger partial charge in [-0.2, -0.15) is 0 Å². The Bertz CT molecular complexity index is 429. The lowest BCUT2D eigenvalue weighted by Gasteiger charge is -2.01. The van der Waals surface area contributed by atoms with Gasteiger partial charge in [-0.05, 0) is 19.1 Å². The van der Waals surface area contributed by atoms with Gasteiger partial charge in [0.25, 0.3) is 0 Å². The van der Waals surface area contributed by atoms with Gasteiger partial charge in [-0.25, -0.2) is 4.79 Å². The number of terminal acetylenes is 1. The molecule has 0 heterocycles. The molecule has 1 unspecified atom stereocenters. The highest BCUT2D eigenvalue weighted by atomic mass is 16.5. The highest BCUT2D eigenvalue weighted by Gasteiger charge is 2.01. The average Bonchev–Trinajstić information content (AvgIpc) is 2.27. The Morgan fingerprint density at radius 2 is 2.07 bits per heavy atom. The van der Waals surface area contributed by atoms with E-state index in [4.69, 9.17) is 11.2 Å². The van der Waals surface area contributed by atoms with Gasteiger partial charge in [0.2, 0.25) is 0 Å². The summed E-state index contributed by atoms with van der Waals surface area (Å²) in [6.07, 6.45) is 4.36. The minimum Gasteiger partial charge on any atom is -0.440 e. The van der Waals surface area contributed by atoms with Crippen LogP contribution in [0.5, 0.6) is 0 Å². The van der Waals surface area contributed by atoms with Crippen LogP contribution in [0.4, 0.5) is 0 Å². The van der Waals surface area contributed by atoms with E-state index in [-0.39, 0.29) is 0 Å². The molecule has 0 saturated carbocycles. The Morgan fingerprint density at radius 1 is 1.40 bits per heavy atom. The van der Waals surface area contributed by atoms with Gasteiger partial charge in [0.15, 0.2) is 6.10 Å². The van der Waals surface area contributed by atoms with Crippen molar-refractivity contribution in [3.63, 3.8) is 0 Å². The number of hydrogen-bond donors (Lipinski definition) is 0. The Kier molecular flexibility index (Phi) is 4.01. The standard InChI is InChI=1S/C13H10O2/c1-3-13(14)15-11(2)9-10-12-7-5-4-6-8-12/h1,4-8,11H,2H3. The minimum absolute atomic E-state index is 0.492. The molecule has 0 fully saturated rings. The fourth-order valence-corrected chi connectivity index (χ4v) is 0.930. The zero-order valence-corrected chi connectivity index (χ0v) is 8.36. The van der Waals surface area contributed by atoms with Crippen LogP contribution in [0.3, 0.4) is 0 Å². The fraction of sp³-hybridized carbons (Fsp3) is 0.154. The van der Waals surface area contributed by atoms with E-state index in [1.807, 2.05) is 36.3 Å². The maximum atomic E-state index is 10.7. The Labute approximate surface area is 89.3 Å². The second-order valence-corrected chi connectivity index (χ2v) is 2.83. The van der Waals surface area contributed by atoms with Crippen molar-refractivity contribution in [2.45, 2.75) is 13.0 Å². The summed E-state index contributed by atoms with van der Waals surface area (Å²) in [4.78, 5) is 10.7. The van der Waals surface area contributed by atoms with Gasteiger partial charge in [-0.1, -0.05) is 30.0 Å². The van der Waals surface area contributed by atoms with Gasteiger partial charge >= 0.3 is 5.97 Å². The summed E-state index contributed by atoms with van der Waals surface area (Å²) in [5, 5.41) is 0. The van der Waals surface area contributed by atoms with Gasteiger partial charge in [0.1, 0.15) is 0 Å². The summed E-state index contributed by atoms with van der Waals surface area (Å²) in [5.74, 6) is 6.83. The lowest BCUT2D eigenvalue weighted by molar-refractivity contribution is -0.138. The van der Waals surface area contributed by atoms with Crippen molar-refractivity contribution < 1.29 is 9.53 Å². The van der Waals surface area contributed by atoms with E-state index in [0.29, 0.717) is 0 Å². The van der Waals surface area contributed by atoms with Crippen molar-refractivity contribution >= 4 is 5.97 Å². The molecule has 0 aliphatic heterocycles. The van der Waals surface area contributed by atoms with E-state index in [1.165, 1.54) is 0 Å². The highest BCUT2D eigenvalue weighted by Crippen LogP contribution is 1.96. The molecule has 1 aromatic carbocycles. The predicted octanol–water partition coefficient (Wildman–Crippen LogP) is 1.60. The van der Waals surface area contributed by atoms with Crippen LogP contribution in [0, 0.1) is 24.2 Å². The van der Waals surface area contributed by atoms with Crippen LogP contribution in [0.2, 0.25) is 0 Å². The van der Waals surface area contributed by atoms with E-state index in [2.05, 4.69) is 11.8 Å². The van der Waals surface area contributed by atoms with Crippen molar-refractivity contribution in [1.29, 1.82) is 0 Å². The zero-order valence-electron chi connectivity index (χ0n) is 8.36. The third-order valence-electron chi connectivity index (χ3n) is 1.60. The normalized spacial score (nSPS) is 10.4. The molecule has 2 heteroatoms. The third-order valence-corrected chi connectivity index (χ3v) is 1.60. The molecule has 0 spiro atoms. The molecule has 1 aromatic rings. The highest BCUT2D eigenvalue weighted by molar-refractivity contribution is 5.87. The SMILES string of the molecule is C#CC(=O)OC(C)C#Cc1ccccc1. The van der Waals surface area contributed by atoms with Gasteiger partial charge in [0.05, 0.1) is 0 Å². The number of ether oxygens (including phenoxy) is 1. The first kappa shape index (κ1) is 10.9. The maximum Gasteiger partial charge on any atom is 0.385 e. The lowest BCUT2D eigenvalue weighted by Crippen LogP contribution is -2.10. The van der Waals surface area contributed by atoms with E-state index in [1.54, 1.807) is 6.92 Å². The number of esters is 1. The summed E-state index contributed by atoms with van der Waals surface area (Å²) in [5.41, 5.74) is 0.876. The first-order chi connectivity index (χ1) is 7.22. The molecule has 15 heavy (non-hydrogen) atoms. The monoisotopic (exact) mass is 198 g/mol. The van der Waals surface area contributed by atoms with Gasteiger partial charge in [-0.3, -0.25) is 0 Å². The zero-order chi connectivity index (χ0) is 11.1. The van der Waals surface area contributed by atoms with Crippen LogP contribution in [-0.4, -0.2) is 12.1 Å². The molecule has 0 N–H and O–H groups in total. The summed E-state index contributed by atoms with van der Waals surface area (Å²) in [7, 11) is 0. The van der Waals surface area contributed by atoms with E-state index < -0.39 is 12.1 Å². The summed E-state index contributed by atoms with van der Waals surface area (Å²) >= 11 is 0. The van der Waals surface area contributed by atoms with Gasteiger partial charge in [-0.15, -0.1) is 6.42 Å². The van der Waals surface area contributed by atoms with Gasteiger partial charge < -0.3 is 4.74 Å². The number of carbonyl (C=O) groups excluding carboxylic acids is 1. The van der Waals surface area contributed by atoms with Crippen molar-refractivity contribution in [1.82, 2.24) is 0 Å². The minimum atomic E-state index is -0.690. The fourth-order valence-electron chi connectivity index (χ4n) is 0.930. The summed E-state index contributed by atoms with van der Waals surface area (Å²) < 4.78 is 4.77. The number of benzene rings is 1. The lowest BCUT2D eigenvalue weighted by atomic mass is 10.2. The van der Waals surface area contributed by atoms with Gasteiger partial charge in [0, 0.05) is 11.5 Å². The molecule has 0 bridgehead atoms. The Balaban J connectivity index is 2.59. The molecule has 1 atom stereocenters. The van der Waals surface area contributed by atoms with Crippen LogP contribution in [0.25, 0.3) is 0 Å². The summed E-state index contributed by atoms with van der Waals surface area (Å²) in [6.45, 7) is 1.67. The van der Waals surface area contributed by atoms with E-state index in [9.17, 15) is 4.79 Å². The first-order valence-corrected chi connectivity index (χ1v) is 4.46. The molecule has 74 valence electrons. The molecule has 0 radical (unpaired) electrons. The van der Waals surface area contributed by atoms with Crippen LogP contribution in [0.1, 0.15) is 12.5 Å². The molecule has 0 aliphatic carbocycles. The van der Waals surface area contributed by atoms with Crippen molar-refractivity contribution in [3.8, 4) is 24.2 Å². The quantitative estimate of drug-likeness (QED) is 0.389. The van der Waals surface area contributed by atoms with E-state index >= 15 is 0 Å². The van der Waals surface area contributed by atoms with E-state index in [0.717, 1.165) is 5.56 Å². The van der Waals surface area contributed by atoms with Crippen LogP contribution < -0.4 is 0 Å². The van der Waals surface area contributed by atoms with Crippen LogP contribution in [0.15, 0.2) is 30.3 Å². The molecule has 0 saturated heterocycles. The predicted molar refractivity (Wildman–Crippen MR) is 57.7 cm³/mol. The molecule has 0 aliphatic rings. The third kappa shape index (κ3) is 4.02. The molecule has 2 nitrogen and oxygen atoms in total. The second-order valence-electron chi connectivity index (χ2n) is 2.83. The smallest absolute Gasteiger partial charge is 0.385 e. The number of carbonyl (C=O) groups is 1. The second kappa shape index (κ2) is 5.52. The summed E-state index contributed by atoms with van der Waals surface area (Å²) in [6, 6.07) is 9.45. The topological polar surface area (TPSA) is 26.3 Å². The number of hydrogen-bond acceptors (Lipinski definition) is 2. The molecule has 0 amide bonds.